The van der Waals surface area contributed by atoms with Crippen LogP contribution in [0.2, 0.25) is 0 Å². The Bertz CT molecular complexity index is 1090. The highest BCUT2D eigenvalue weighted by atomic mass is 32.2. The highest BCUT2D eigenvalue weighted by Crippen LogP contribution is 2.28. The molecule has 1 aromatic carbocycles. The number of aromatic nitrogens is 2. The second-order valence-corrected chi connectivity index (χ2v) is 8.10. The number of amides is 1. The van der Waals surface area contributed by atoms with Gasteiger partial charge in [-0.05, 0) is 31.5 Å². The van der Waals surface area contributed by atoms with Crippen LogP contribution in [0.4, 0.5) is 5.69 Å². The lowest BCUT2D eigenvalue weighted by atomic mass is 10.2. The predicted octanol–water partition coefficient (Wildman–Crippen LogP) is 3.70. The number of thiophene rings is 1. The summed E-state index contributed by atoms with van der Waals surface area (Å²) in [5, 5.41) is 13.3. The van der Waals surface area contributed by atoms with E-state index < -0.39 is 0 Å². The largest absolute Gasteiger partial charge is 0.508 e. The summed E-state index contributed by atoms with van der Waals surface area (Å²) in [5.41, 5.74) is 1.35. The summed E-state index contributed by atoms with van der Waals surface area (Å²) < 4.78 is 1.54. The van der Waals surface area contributed by atoms with Gasteiger partial charge in [0.25, 0.3) is 5.56 Å². The van der Waals surface area contributed by atoms with Crippen LogP contribution < -0.4 is 10.9 Å². The number of anilines is 1. The van der Waals surface area contributed by atoms with Crippen molar-refractivity contribution in [2.45, 2.75) is 25.5 Å². The lowest BCUT2D eigenvalue weighted by Gasteiger charge is -2.10. The number of aryl methyl sites for hydroxylation is 2. The Labute approximate surface area is 164 Å². The summed E-state index contributed by atoms with van der Waals surface area (Å²) in [6, 6.07) is 6.34. The first kappa shape index (κ1) is 19.2. The predicted molar refractivity (Wildman–Crippen MR) is 111 cm³/mol. The molecule has 0 bridgehead atoms. The maximum Gasteiger partial charge on any atom is 0.263 e. The Morgan fingerprint density at radius 2 is 2.22 bits per heavy atom. The first-order chi connectivity index (χ1) is 12.9. The average molecular weight is 402 g/mol. The first-order valence-corrected chi connectivity index (χ1v) is 10.0. The molecule has 140 valence electrons. The normalized spacial score (nSPS) is 10.9. The van der Waals surface area contributed by atoms with Crippen molar-refractivity contribution in [2.24, 2.45) is 0 Å². The van der Waals surface area contributed by atoms with Gasteiger partial charge in [0.1, 0.15) is 10.6 Å². The molecule has 0 saturated heterocycles. The van der Waals surface area contributed by atoms with E-state index in [4.69, 9.17) is 0 Å². The molecule has 0 saturated carbocycles. The second-order valence-electron chi connectivity index (χ2n) is 5.95. The highest BCUT2D eigenvalue weighted by Gasteiger charge is 2.17. The number of phenols is 1. The van der Waals surface area contributed by atoms with E-state index in [1.165, 1.54) is 35.2 Å². The van der Waals surface area contributed by atoms with Gasteiger partial charge in [0, 0.05) is 23.2 Å². The summed E-state index contributed by atoms with van der Waals surface area (Å²) in [4.78, 5) is 31.5. The molecule has 0 unspecified atom stereocenters. The van der Waals surface area contributed by atoms with Crippen molar-refractivity contribution in [3.8, 4) is 5.75 Å². The molecule has 0 spiro atoms. The molecular formula is C19H19N3O3S2. The number of phenolic OH excluding ortho intramolecular Hbond substituents is 1. The van der Waals surface area contributed by atoms with E-state index >= 15 is 0 Å². The zero-order chi connectivity index (χ0) is 19.6. The number of nitrogens with one attached hydrogen (secondary N) is 1. The van der Waals surface area contributed by atoms with Gasteiger partial charge in [-0.3, -0.25) is 14.2 Å². The first-order valence-electron chi connectivity index (χ1n) is 8.23. The fraction of sp³-hybridized carbons (Fsp3) is 0.211. The van der Waals surface area contributed by atoms with Gasteiger partial charge in [-0.25, -0.2) is 4.98 Å². The monoisotopic (exact) mass is 401 g/mol. The molecule has 27 heavy (non-hydrogen) atoms. The van der Waals surface area contributed by atoms with Crippen LogP contribution >= 0.6 is 23.1 Å². The topological polar surface area (TPSA) is 84.2 Å². The summed E-state index contributed by atoms with van der Waals surface area (Å²) >= 11 is 2.68. The Hall–Kier alpha value is -2.58. The van der Waals surface area contributed by atoms with Gasteiger partial charge < -0.3 is 10.4 Å². The number of benzene rings is 1. The molecule has 6 nitrogen and oxygen atoms in total. The van der Waals surface area contributed by atoms with Crippen molar-refractivity contribution in [2.75, 3.05) is 11.1 Å². The molecule has 2 aromatic heterocycles. The fourth-order valence-corrected chi connectivity index (χ4v) is 4.50. The maximum atomic E-state index is 12.9. The number of allylic oxidation sites excluding steroid dienone is 1. The quantitative estimate of drug-likeness (QED) is 0.374. The van der Waals surface area contributed by atoms with Crippen LogP contribution in [0.1, 0.15) is 10.4 Å². The van der Waals surface area contributed by atoms with Crippen molar-refractivity contribution >= 4 is 44.9 Å². The molecule has 2 N–H and O–H groups in total. The van der Waals surface area contributed by atoms with Gasteiger partial charge in [-0.2, -0.15) is 0 Å². The van der Waals surface area contributed by atoms with E-state index in [-0.39, 0.29) is 23.0 Å². The molecule has 0 aliphatic rings. The van der Waals surface area contributed by atoms with E-state index in [0.717, 1.165) is 10.4 Å². The average Bonchev–Trinajstić information content (AvgIpc) is 2.90. The van der Waals surface area contributed by atoms with E-state index in [2.05, 4.69) is 16.9 Å². The van der Waals surface area contributed by atoms with Crippen molar-refractivity contribution in [1.29, 1.82) is 0 Å². The summed E-state index contributed by atoms with van der Waals surface area (Å²) in [5.74, 6) is -0.0758. The van der Waals surface area contributed by atoms with E-state index in [1.807, 2.05) is 13.8 Å². The van der Waals surface area contributed by atoms with Crippen LogP contribution in [-0.4, -0.2) is 26.3 Å². The minimum Gasteiger partial charge on any atom is -0.508 e. The van der Waals surface area contributed by atoms with Crippen LogP contribution in [0.15, 0.2) is 46.9 Å². The zero-order valence-electron chi connectivity index (χ0n) is 15.0. The lowest BCUT2D eigenvalue weighted by molar-refractivity contribution is -0.113. The molecule has 1 amide bonds. The maximum absolute atomic E-state index is 12.9. The Balaban J connectivity index is 1.85. The molecule has 2 heterocycles. The summed E-state index contributed by atoms with van der Waals surface area (Å²) in [7, 11) is 0. The molecular weight excluding hydrogens is 382 g/mol. The van der Waals surface area contributed by atoms with Crippen molar-refractivity contribution < 1.29 is 9.90 Å². The molecule has 0 radical (unpaired) electrons. The summed E-state index contributed by atoms with van der Waals surface area (Å²) in [6.45, 7) is 7.92. The van der Waals surface area contributed by atoms with Crippen LogP contribution in [0.3, 0.4) is 0 Å². The third-order valence-corrected chi connectivity index (χ3v) is 6.11. The van der Waals surface area contributed by atoms with Crippen molar-refractivity contribution in [3.05, 3.63) is 57.7 Å². The molecule has 3 aromatic rings. The van der Waals surface area contributed by atoms with Gasteiger partial charge in [-0.15, -0.1) is 17.9 Å². The van der Waals surface area contributed by atoms with Crippen molar-refractivity contribution in [1.82, 2.24) is 9.55 Å². The Morgan fingerprint density at radius 1 is 1.44 bits per heavy atom. The molecule has 0 aliphatic carbocycles. The molecule has 0 atom stereocenters. The SMILES string of the molecule is C=CCn1c(SCC(=O)Nc2cccc(O)c2)nc2sc(C)c(C)c2c1=O. The van der Waals surface area contributed by atoms with Crippen LogP contribution in [-0.2, 0) is 11.3 Å². The van der Waals surface area contributed by atoms with Gasteiger partial charge in [0.05, 0.1) is 11.1 Å². The fourth-order valence-electron chi connectivity index (χ4n) is 2.62. The second kappa shape index (κ2) is 7.98. The number of carbonyl (C=O) groups is 1. The third kappa shape index (κ3) is 4.06. The van der Waals surface area contributed by atoms with Gasteiger partial charge in [-0.1, -0.05) is 23.9 Å². The van der Waals surface area contributed by atoms with Gasteiger partial charge in [0.2, 0.25) is 5.91 Å². The number of aromatic hydroxyl groups is 1. The number of thioether (sulfide) groups is 1. The zero-order valence-corrected chi connectivity index (χ0v) is 16.6. The Morgan fingerprint density at radius 3 is 2.93 bits per heavy atom. The van der Waals surface area contributed by atoms with Crippen LogP contribution in [0.5, 0.6) is 5.75 Å². The van der Waals surface area contributed by atoms with Crippen LogP contribution in [0, 0.1) is 13.8 Å². The smallest absolute Gasteiger partial charge is 0.263 e. The van der Waals surface area contributed by atoms with E-state index in [1.54, 1.807) is 22.8 Å². The molecule has 8 heteroatoms. The highest BCUT2D eigenvalue weighted by molar-refractivity contribution is 7.99. The summed E-state index contributed by atoms with van der Waals surface area (Å²) in [6.07, 6.45) is 1.64. The number of fused-ring (bicyclic) bond motifs is 1. The lowest BCUT2D eigenvalue weighted by Crippen LogP contribution is -2.23. The van der Waals surface area contributed by atoms with Gasteiger partial charge >= 0.3 is 0 Å². The number of hydrogen-bond acceptors (Lipinski definition) is 6. The minimum absolute atomic E-state index is 0.0795. The molecule has 3 rings (SSSR count). The molecule has 0 fully saturated rings. The standard InChI is InChI=1S/C19H19N3O3S2/c1-4-8-22-18(25)16-11(2)12(3)27-17(16)21-19(22)26-10-15(24)20-13-6-5-7-14(23)9-13/h4-7,9,23H,1,8,10H2,2-3H3,(H,20,24). The number of carbonyl (C=O) groups excluding carboxylic acids is 1. The minimum atomic E-state index is -0.247. The number of rotatable bonds is 6. The van der Waals surface area contributed by atoms with E-state index in [9.17, 15) is 14.7 Å². The van der Waals surface area contributed by atoms with Crippen LogP contribution in [0.25, 0.3) is 10.2 Å². The number of hydrogen-bond donors (Lipinski definition) is 2. The van der Waals surface area contributed by atoms with Gasteiger partial charge in [0.15, 0.2) is 5.16 Å². The third-order valence-electron chi connectivity index (χ3n) is 4.03. The molecule has 0 aliphatic heterocycles. The Kier molecular flexibility index (Phi) is 5.67. The number of nitrogens with zero attached hydrogens (tertiary/aromatic N) is 2. The van der Waals surface area contributed by atoms with E-state index in [0.29, 0.717) is 27.6 Å². The van der Waals surface area contributed by atoms with Crippen molar-refractivity contribution in [3.63, 3.8) is 0 Å².